The molecule has 12 aromatic rings. The van der Waals surface area contributed by atoms with Crippen LogP contribution in [-0.2, 0) is 7.05 Å². The number of thiophene rings is 2. The molecule has 0 fully saturated rings. The lowest BCUT2D eigenvalue weighted by Crippen LogP contribution is -1.88. The molecular weight excluding hydrogens is 1120 g/mol. The number of aryl methyl sites for hydroxylation is 7. The average Bonchev–Trinajstić information content (AvgIpc) is 4.59. The molecule has 0 amide bonds. The minimum absolute atomic E-state index is 0. The molecule has 0 aliphatic rings. The molecule has 0 radical (unpaired) electrons. The zero-order valence-electron chi connectivity index (χ0n) is 59.4. The standard InChI is InChI=1S/C9H10N2.2C9H8S.C8H8N2.2C8H7NO.12C2H6.3CH4/c1-7-3-4-8-6-10-11(2)9(8)5-7;1-7-2-3-9-8(6-7)4-5-10-9;1-7-2-3-8-4-5-10-9(8)6-7;2*1-6-2-3-8-7(4-6)5-9-10-8;1-6-2-3-7-5-9-10-8(7)4-6;12*1-2;;;/h3-6H,1-2H3;2*2-6H,1H3;2-5H,1H3,(H,9,10);2*2-5H,1H3;12*1-2H3;3*1H4. The number of H-pyrrole nitrogens is 1. The van der Waals surface area contributed by atoms with E-state index in [2.05, 4.69) is 143 Å². The van der Waals surface area contributed by atoms with Crippen LogP contribution in [-0.4, -0.2) is 30.3 Å². The highest BCUT2D eigenvalue weighted by atomic mass is 32.1. The zero-order valence-corrected chi connectivity index (χ0v) is 61.0. The summed E-state index contributed by atoms with van der Waals surface area (Å²) in [6.45, 7) is 60.5. The summed E-state index contributed by atoms with van der Waals surface area (Å²) in [5, 5.41) is 29.8. The van der Waals surface area contributed by atoms with Gasteiger partial charge in [0, 0.05) is 38.0 Å². The van der Waals surface area contributed by atoms with Crippen molar-refractivity contribution in [1.29, 1.82) is 0 Å². The van der Waals surface area contributed by atoms with Crippen LogP contribution < -0.4 is 0 Å². The molecule has 0 aliphatic carbocycles. The Bertz CT molecular complexity index is 2860. The summed E-state index contributed by atoms with van der Waals surface area (Å²) in [5.74, 6) is 0. The first kappa shape index (κ1) is 100. The number of fused-ring (bicyclic) bond motifs is 6. The summed E-state index contributed by atoms with van der Waals surface area (Å²) in [5.41, 5.74) is 11.7. The summed E-state index contributed by atoms with van der Waals surface area (Å²) in [6, 6.07) is 41.9. The molecule has 10 heteroatoms. The van der Waals surface area contributed by atoms with E-state index in [0.717, 1.165) is 27.5 Å². The second-order valence-electron chi connectivity index (χ2n) is 14.9. The number of nitrogens with zero attached hydrogens (tertiary/aromatic N) is 5. The largest absolute Gasteiger partial charge is 0.356 e. The zero-order chi connectivity index (χ0) is 66.7. The van der Waals surface area contributed by atoms with Crippen LogP contribution in [0.15, 0.2) is 166 Å². The van der Waals surface area contributed by atoms with Crippen molar-refractivity contribution in [1.82, 2.24) is 30.3 Å². The van der Waals surface area contributed by atoms with Crippen molar-refractivity contribution in [3.8, 4) is 0 Å². The molecule has 0 saturated carbocycles. The minimum atomic E-state index is 0. The molecular formula is C78H132N6O2S2. The molecule has 6 heterocycles. The first-order chi connectivity index (χ1) is 41.6. The number of hydrogen-bond donors (Lipinski definition) is 1. The number of aromatic amines is 1. The fraction of sp³-hybridized carbons (Fsp3) is 0.436. The van der Waals surface area contributed by atoms with Gasteiger partial charge in [-0.3, -0.25) is 9.78 Å². The van der Waals surface area contributed by atoms with Gasteiger partial charge in [0.05, 0.1) is 35.8 Å². The van der Waals surface area contributed by atoms with Crippen LogP contribution in [0.4, 0.5) is 0 Å². The molecule has 498 valence electrons. The molecule has 0 unspecified atom stereocenters. The molecule has 88 heavy (non-hydrogen) atoms. The van der Waals surface area contributed by atoms with Crippen molar-refractivity contribution in [2.75, 3.05) is 0 Å². The molecule has 6 aromatic carbocycles. The summed E-state index contributed by atoms with van der Waals surface area (Å²) in [6.07, 6.45) is 7.16. The monoisotopic (exact) mass is 1250 g/mol. The first-order valence-corrected chi connectivity index (χ1v) is 33.6. The minimum Gasteiger partial charge on any atom is -0.356 e. The van der Waals surface area contributed by atoms with Gasteiger partial charge in [0.25, 0.3) is 0 Å². The highest BCUT2D eigenvalue weighted by molar-refractivity contribution is 7.17. The van der Waals surface area contributed by atoms with Gasteiger partial charge in [-0.05, 0) is 146 Å². The Hall–Kier alpha value is -6.88. The van der Waals surface area contributed by atoms with Crippen molar-refractivity contribution >= 4 is 86.6 Å². The third kappa shape index (κ3) is 39.8. The van der Waals surface area contributed by atoms with Gasteiger partial charge in [0.2, 0.25) is 0 Å². The summed E-state index contributed by atoms with van der Waals surface area (Å²) in [4.78, 5) is 0. The maximum Gasteiger partial charge on any atom is 0.167 e. The quantitative estimate of drug-likeness (QED) is 0.162. The lowest BCUT2D eigenvalue weighted by Gasteiger charge is -1.94. The fourth-order valence-corrected chi connectivity index (χ4v) is 8.08. The third-order valence-corrected chi connectivity index (χ3v) is 11.5. The maximum absolute atomic E-state index is 4.95. The van der Waals surface area contributed by atoms with E-state index in [-0.39, 0.29) is 22.3 Å². The van der Waals surface area contributed by atoms with Gasteiger partial charge in [-0.15, -0.1) is 22.7 Å². The van der Waals surface area contributed by atoms with Crippen LogP contribution in [0.1, 0.15) is 222 Å². The SMILES string of the molecule is C.C.C.CC.CC.CC.CC.CC.CC.CC.CC.CC.CC.CC.CC.Cc1ccc2[nH]ncc2c1.Cc1ccc2ccsc2c1.Cc1ccc2cnn(C)c2c1.Cc1ccc2cnoc2c1.Cc1ccc2oncc2c1.Cc1ccc2sccc2c1. The van der Waals surface area contributed by atoms with E-state index in [1.165, 1.54) is 69.8 Å². The fourth-order valence-electron chi connectivity index (χ4n) is 6.42. The predicted octanol–water partition coefficient (Wildman–Crippen LogP) is 28.7. The Labute approximate surface area is 550 Å². The van der Waals surface area contributed by atoms with E-state index in [9.17, 15) is 0 Å². The molecule has 12 rings (SSSR count). The van der Waals surface area contributed by atoms with E-state index < -0.39 is 0 Å². The van der Waals surface area contributed by atoms with Crippen LogP contribution in [0.2, 0.25) is 0 Å². The van der Waals surface area contributed by atoms with Crippen molar-refractivity contribution in [3.05, 3.63) is 190 Å². The van der Waals surface area contributed by atoms with Gasteiger partial charge < -0.3 is 9.05 Å². The van der Waals surface area contributed by atoms with Crippen LogP contribution in [0, 0.1) is 41.5 Å². The van der Waals surface area contributed by atoms with Crippen molar-refractivity contribution in [3.63, 3.8) is 0 Å². The molecule has 0 aliphatic heterocycles. The van der Waals surface area contributed by atoms with Crippen molar-refractivity contribution in [2.24, 2.45) is 7.05 Å². The number of hydrogen-bond acceptors (Lipinski definition) is 8. The normalized spacial score (nSPS) is 8.12. The molecule has 6 aromatic heterocycles. The first-order valence-electron chi connectivity index (χ1n) is 31.9. The second kappa shape index (κ2) is 69.2. The van der Waals surface area contributed by atoms with E-state index in [1.54, 1.807) is 35.1 Å². The van der Waals surface area contributed by atoms with E-state index in [1.807, 2.05) is 247 Å². The topological polar surface area (TPSA) is 98.6 Å². The molecule has 0 spiro atoms. The Morgan fingerprint density at radius 1 is 0.330 bits per heavy atom. The maximum atomic E-state index is 4.95. The molecule has 8 nitrogen and oxygen atoms in total. The Morgan fingerprint density at radius 3 is 1.26 bits per heavy atom. The number of benzene rings is 6. The Morgan fingerprint density at radius 2 is 0.716 bits per heavy atom. The highest BCUT2D eigenvalue weighted by Gasteiger charge is 1.99. The van der Waals surface area contributed by atoms with E-state index in [0.29, 0.717) is 0 Å². The summed E-state index contributed by atoms with van der Waals surface area (Å²) < 4.78 is 14.5. The third-order valence-electron chi connectivity index (χ3n) is 9.74. The van der Waals surface area contributed by atoms with Gasteiger partial charge in [-0.25, -0.2) is 0 Å². The van der Waals surface area contributed by atoms with Gasteiger partial charge >= 0.3 is 0 Å². The van der Waals surface area contributed by atoms with E-state index >= 15 is 0 Å². The van der Waals surface area contributed by atoms with Gasteiger partial charge in [0.1, 0.15) is 0 Å². The van der Waals surface area contributed by atoms with Crippen LogP contribution in [0.5, 0.6) is 0 Å². The molecule has 0 saturated heterocycles. The lowest BCUT2D eigenvalue weighted by atomic mass is 10.2. The lowest BCUT2D eigenvalue weighted by molar-refractivity contribution is 0.456. The van der Waals surface area contributed by atoms with Crippen LogP contribution >= 0.6 is 22.7 Å². The molecule has 1 N–H and O–H groups in total. The predicted molar refractivity (Wildman–Crippen MR) is 413 cm³/mol. The van der Waals surface area contributed by atoms with Gasteiger partial charge in [-0.1, -0.05) is 270 Å². The summed E-state index contributed by atoms with van der Waals surface area (Å²) in [7, 11) is 1.96. The highest BCUT2D eigenvalue weighted by Crippen LogP contribution is 2.22. The molecule has 0 atom stereocenters. The van der Waals surface area contributed by atoms with Crippen molar-refractivity contribution in [2.45, 2.75) is 230 Å². The number of aromatic nitrogens is 6. The van der Waals surface area contributed by atoms with Crippen LogP contribution in [0.25, 0.3) is 63.9 Å². The van der Waals surface area contributed by atoms with Gasteiger partial charge in [0.15, 0.2) is 11.2 Å². The molecule has 0 bridgehead atoms. The smallest absolute Gasteiger partial charge is 0.167 e. The van der Waals surface area contributed by atoms with Crippen LogP contribution in [0.3, 0.4) is 0 Å². The van der Waals surface area contributed by atoms with Crippen molar-refractivity contribution < 1.29 is 9.05 Å². The Kier molecular flexibility index (Phi) is 78.8. The summed E-state index contributed by atoms with van der Waals surface area (Å²) >= 11 is 3.60. The number of rotatable bonds is 0. The van der Waals surface area contributed by atoms with Gasteiger partial charge in [-0.2, -0.15) is 10.2 Å². The average molecular weight is 1250 g/mol. The number of nitrogens with one attached hydrogen (secondary N) is 1. The Balaban J connectivity index is -0.000000113. The van der Waals surface area contributed by atoms with E-state index in [4.69, 9.17) is 9.05 Å². The second-order valence-corrected chi connectivity index (χ2v) is 16.8.